The minimum Gasteiger partial charge on any atom is -0.483 e. The summed E-state index contributed by atoms with van der Waals surface area (Å²) in [5, 5.41) is 15.6. The van der Waals surface area contributed by atoms with Gasteiger partial charge in [-0.15, -0.1) is 0 Å². The number of hydrogen-bond donors (Lipinski definition) is 1. The minimum absolute atomic E-state index is 0.186. The maximum Gasteiger partial charge on any atom is 0.290 e. The molecule has 0 amide bonds. The van der Waals surface area contributed by atoms with Crippen LogP contribution in [0.25, 0.3) is 0 Å². The van der Waals surface area contributed by atoms with Crippen LogP contribution in [0.15, 0.2) is 35.5 Å². The highest BCUT2D eigenvalue weighted by atomic mass is 35.5. The van der Waals surface area contributed by atoms with Gasteiger partial charge < -0.3 is 14.9 Å². The number of rotatable bonds is 4. The quantitative estimate of drug-likeness (QED) is 0.600. The highest BCUT2D eigenvalue weighted by Gasteiger charge is 2.37. The van der Waals surface area contributed by atoms with E-state index < -0.39 is 15.1 Å². The van der Waals surface area contributed by atoms with E-state index in [1.54, 1.807) is 18.3 Å². The van der Waals surface area contributed by atoms with Crippen LogP contribution in [0.5, 0.6) is 0 Å². The van der Waals surface area contributed by atoms with Crippen molar-refractivity contribution in [3.63, 3.8) is 0 Å². The highest BCUT2D eigenvalue weighted by Crippen LogP contribution is 2.34. The summed E-state index contributed by atoms with van der Waals surface area (Å²) in [6.07, 6.45) is 5.89. The Morgan fingerprint density at radius 1 is 1.11 bits per heavy atom. The van der Waals surface area contributed by atoms with E-state index >= 15 is 0 Å². The smallest absolute Gasteiger partial charge is 0.290 e. The standard InChI is InChI=1S/C22H25ClN6O2S.CH2O2/c23-20-10-17(28-9-8-27-6-1-2-18(27)14-28)3-4-21(20)32(30,31)19-5-7-29(15-19)22-13-25-12-16(11-24)26-22;2-1-3/h3-4,10,12-13,18-19H,1-2,5-9,14-15H2;1H,(H,2,3)/t18-,19-;/m0./s1. The number of benzene rings is 1. The molecule has 35 heavy (non-hydrogen) atoms. The number of fused-ring (bicyclic) bond motifs is 1. The fourth-order valence-electron chi connectivity index (χ4n) is 5.07. The fourth-order valence-corrected chi connectivity index (χ4v) is 7.31. The first-order valence-electron chi connectivity index (χ1n) is 11.4. The Balaban J connectivity index is 0.000000917. The predicted octanol–water partition coefficient (Wildman–Crippen LogP) is 2.04. The van der Waals surface area contributed by atoms with Crippen LogP contribution in [0.3, 0.4) is 0 Å². The minimum atomic E-state index is -3.60. The molecule has 0 bridgehead atoms. The zero-order valence-corrected chi connectivity index (χ0v) is 20.7. The van der Waals surface area contributed by atoms with Crippen molar-refractivity contribution >= 4 is 39.4 Å². The summed E-state index contributed by atoms with van der Waals surface area (Å²) in [4.78, 5) is 23.5. The van der Waals surface area contributed by atoms with Gasteiger partial charge in [0.05, 0.1) is 27.6 Å². The topological polar surface area (TPSA) is 131 Å². The van der Waals surface area contributed by atoms with Crippen LogP contribution in [0.1, 0.15) is 25.0 Å². The molecule has 0 radical (unpaired) electrons. The molecule has 0 saturated carbocycles. The molecule has 3 aliphatic heterocycles. The molecule has 2 aromatic rings. The first kappa shape index (κ1) is 25.2. The second-order valence-electron chi connectivity index (χ2n) is 8.77. The largest absolute Gasteiger partial charge is 0.483 e. The first-order chi connectivity index (χ1) is 16.9. The van der Waals surface area contributed by atoms with Crippen molar-refractivity contribution in [2.45, 2.75) is 35.4 Å². The van der Waals surface area contributed by atoms with Gasteiger partial charge in [-0.2, -0.15) is 5.26 Å². The van der Waals surface area contributed by atoms with E-state index in [2.05, 4.69) is 19.8 Å². The first-order valence-corrected chi connectivity index (χ1v) is 13.4. The molecule has 0 aliphatic carbocycles. The van der Waals surface area contributed by atoms with E-state index in [9.17, 15) is 8.42 Å². The number of carbonyl (C=O) groups is 1. The third-order valence-electron chi connectivity index (χ3n) is 6.82. The van der Waals surface area contributed by atoms with Gasteiger partial charge in [0.25, 0.3) is 6.47 Å². The molecule has 0 spiro atoms. The van der Waals surface area contributed by atoms with Crippen molar-refractivity contribution in [3.8, 4) is 6.07 Å². The Labute approximate surface area is 209 Å². The Hall–Kier alpha value is -2.94. The van der Waals surface area contributed by atoms with E-state index in [-0.39, 0.29) is 22.1 Å². The molecule has 2 atom stereocenters. The third-order valence-corrected chi connectivity index (χ3v) is 9.47. The molecule has 1 N–H and O–H groups in total. The number of nitrogens with zero attached hydrogens (tertiary/aromatic N) is 6. The molecule has 5 rings (SSSR count). The summed E-state index contributed by atoms with van der Waals surface area (Å²) >= 11 is 6.53. The molecular weight excluding hydrogens is 492 g/mol. The zero-order chi connectivity index (χ0) is 25.0. The lowest BCUT2D eigenvalue weighted by Crippen LogP contribution is -2.50. The molecule has 0 unspecified atom stereocenters. The summed E-state index contributed by atoms with van der Waals surface area (Å²) in [5.74, 6) is 0.522. The van der Waals surface area contributed by atoms with Gasteiger partial charge in [-0.1, -0.05) is 11.6 Å². The van der Waals surface area contributed by atoms with Crippen LogP contribution >= 0.6 is 11.6 Å². The Bertz CT molecular complexity index is 1220. The summed E-state index contributed by atoms with van der Waals surface area (Å²) in [6.45, 7) is 4.70. The molecule has 3 saturated heterocycles. The average molecular weight is 519 g/mol. The lowest BCUT2D eigenvalue weighted by molar-refractivity contribution is -0.122. The third kappa shape index (κ3) is 5.34. The maximum absolute atomic E-state index is 13.4. The predicted molar refractivity (Wildman–Crippen MR) is 132 cm³/mol. The van der Waals surface area contributed by atoms with Crippen molar-refractivity contribution < 1.29 is 18.3 Å². The maximum atomic E-state index is 13.4. The van der Waals surface area contributed by atoms with Gasteiger partial charge in [0.2, 0.25) is 0 Å². The Morgan fingerprint density at radius 2 is 1.91 bits per heavy atom. The number of aromatic nitrogens is 2. The van der Waals surface area contributed by atoms with Crippen molar-refractivity contribution in [2.75, 3.05) is 49.1 Å². The van der Waals surface area contributed by atoms with Gasteiger partial charge in [-0.3, -0.25) is 14.7 Å². The number of sulfone groups is 1. The van der Waals surface area contributed by atoms with Crippen LogP contribution in [-0.2, 0) is 14.6 Å². The molecular formula is C23H27ClN6O4S. The molecule has 3 fully saturated rings. The van der Waals surface area contributed by atoms with Gasteiger partial charge in [0.15, 0.2) is 15.5 Å². The second kappa shape index (κ2) is 10.8. The molecule has 10 nitrogen and oxygen atoms in total. The second-order valence-corrected chi connectivity index (χ2v) is 11.4. The summed E-state index contributed by atoms with van der Waals surface area (Å²) < 4.78 is 26.7. The number of piperazine rings is 1. The summed E-state index contributed by atoms with van der Waals surface area (Å²) in [5.41, 5.74) is 1.20. The van der Waals surface area contributed by atoms with E-state index in [4.69, 9.17) is 26.8 Å². The molecule has 186 valence electrons. The van der Waals surface area contributed by atoms with Crippen LogP contribution in [0.4, 0.5) is 11.5 Å². The number of carboxylic acid groups (broad SMARTS) is 1. The zero-order valence-electron chi connectivity index (χ0n) is 19.1. The molecule has 1 aromatic heterocycles. The number of halogens is 1. The summed E-state index contributed by atoms with van der Waals surface area (Å²) in [6, 6.07) is 7.89. The van der Waals surface area contributed by atoms with Crippen molar-refractivity contribution in [3.05, 3.63) is 41.3 Å². The molecule has 4 heterocycles. The van der Waals surface area contributed by atoms with Crippen molar-refractivity contribution in [1.29, 1.82) is 5.26 Å². The SMILES string of the molecule is N#Cc1cncc(N2CC[C@H](S(=O)(=O)c3ccc(N4CCN5CCC[C@H]5C4)cc3Cl)C2)n1.O=CO. The molecule has 12 heteroatoms. The van der Waals surface area contributed by atoms with Gasteiger partial charge in [-0.25, -0.2) is 13.4 Å². The number of hydrogen-bond acceptors (Lipinski definition) is 9. The Kier molecular flexibility index (Phi) is 7.74. The van der Waals surface area contributed by atoms with Gasteiger partial charge in [0.1, 0.15) is 11.9 Å². The lowest BCUT2D eigenvalue weighted by Gasteiger charge is -2.39. The number of anilines is 2. The summed E-state index contributed by atoms with van der Waals surface area (Å²) in [7, 11) is -3.60. The van der Waals surface area contributed by atoms with Crippen LogP contribution in [0.2, 0.25) is 5.02 Å². The van der Waals surface area contributed by atoms with Crippen molar-refractivity contribution in [2.24, 2.45) is 0 Å². The monoisotopic (exact) mass is 518 g/mol. The fraction of sp³-hybridized carbons (Fsp3) is 0.478. The van der Waals surface area contributed by atoms with Gasteiger partial charge in [0, 0.05) is 44.5 Å². The van der Waals surface area contributed by atoms with E-state index in [0.717, 1.165) is 25.3 Å². The average Bonchev–Trinajstić information content (AvgIpc) is 3.54. The molecule has 1 aromatic carbocycles. The van der Waals surface area contributed by atoms with Crippen LogP contribution < -0.4 is 9.80 Å². The van der Waals surface area contributed by atoms with E-state index in [1.807, 2.05) is 17.0 Å². The van der Waals surface area contributed by atoms with Gasteiger partial charge in [-0.05, 0) is 44.0 Å². The van der Waals surface area contributed by atoms with Crippen LogP contribution in [0, 0.1) is 11.3 Å². The highest BCUT2D eigenvalue weighted by molar-refractivity contribution is 7.92. The van der Waals surface area contributed by atoms with E-state index in [0.29, 0.717) is 31.4 Å². The van der Waals surface area contributed by atoms with Crippen molar-refractivity contribution in [1.82, 2.24) is 14.9 Å². The normalized spacial score (nSPS) is 22.2. The van der Waals surface area contributed by atoms with E-state index in [1.165, 1.54) is 25.6 Å². The van der Waals surface area contributed by atoms with Crippen LogP contribution in [-0.4, -0.2) is 85.4 Å². The lowest BCUT2D eigenvalue weighted by atomic mass is 10.1. The van der Waals surface area contributed by atoms with Gasteiger partial charge >= 0.3 is 0 Å². The Morgan fingerprint density at radius 3 is 2.66 bits per heavy atom. The number of nitriles is 1. The molecule has 3 aliphatic rings.